The van der Waals surface area contributed by atoms with Crippen LogP contribution in [0.5, 0.6) is 0 Å². The minimum Gasteiger partial charge on any atom is -0.461 e. The van der Waals surface area contributed by atoms with Crippen molar-refractivity contribution in [3.8, 4) is 0 Å². The molecule has 0 aliphatic heterocycles. The highest BCUT2D eigenvalue weighted by molar-refractivity contribution is 5.85. The van der Waals surface area contributed by atoms with Crippen LogP contribution in [0.2, 0.25) is 0 Å². The summed E-state index contributed by atoms with van der Waals surface area (Å²) in [4.78, 5) is 0. The molecule has 3 aromatic rings. The first-order chi connectivity index (χ1) is 11.7. The maximum atomic E-state index is 6.17. The minimum absolute atomic E-state index is 0.587. The summed E-state index contributed by atoms with van der Waals surface area (Å²) >= 11 is 0. The van der Waals surface area contributed by atoms with Gasteiger partial charge in [0.15, 0.2) is 0 Å². The summed E-state index contributed by atoms with van der Waals surface area (Å²) in [6.07, 6.45) is 5.28. The van der Waals surface area contributed by atoms with Crippen LogP contribution in [-0.4, -0.2) is 0 Å². The van der Waals surface area contributed by atoms with Gasteiger partial charge in [-0.25, -0.2) is 0 Å². The topological polar surface area (TPSA) is 13.1 Å². The summed E-state index contributed by atoms with van der Waals surface area (Å²) in [6, 6.07) is 14.0. The third-order valence-electron chi connectivity index (χ3n) is 5.43. The van der Waals surface area contributed by atoms with Gasteiger partial charge in [-0.3, -0.25) is 0 Å². The first kappa shape index (κ1) is 15.5. The van der Waals surface area contributed by atoms with Crippen molar-refractivity contribution in [2.24, 2.45) is 0 Å². The molecule has 2 aromatic carbocycles. The molecule has 0 amide bonds. The van der Waals surface area contributed by atoms with E-state index in [0.29, 0.717) is 5.92 Å². The number of hydrogen-bond acceptors (Lipinski definition) is 1. The number of hydrogen-bond donors (Lipinski definition) is 0. The molecule has 0 spiro atoms. The molecule has 4 aliphatic carbocycles. The highest BCUT2D eigenvalue weighted by Crippen LogP contribution is 2.31. The van der Waals surface area contributed by atoms with Gasteiger partial charge in [0.2, 0.25) is 0 Å². The quantitative estimate of drug-likeness (QED) is 0.564. The first-order valence-electron chi connectivity index (χ1n) is 9.30. The molecule has 0 N–H and O–H groups in total. The van der Waals surface area contributed by atoms with Gasteiger partial charge in [-0.05, 0) is 65.5 Å². The summed E-state index contributed by atoms with van der Waals surface area (Å²) in [6.45, 7) is 6.79. The van der Waals surface area contributed by atoms with Gasteiger partial charge in [-0.2, -0.15) is 0 Å². The van der Waals surface area contributed by atoms with Crippen LogP contribution in [-0.2, 0) is 32.1 Å². The summed E-state index contributed by atoms with van der Waals surface area (Å²) in [5, 5.41) is 1.34. The van der Waals surface area contributed by atoms with Crippen LogP contribution in [0.1, 0.15) is 60.3 Å². The smallest absolute Gasteiger partial charge is 0.137 e. The Labute approximate surface area is 144 Å². The Morgan fingerprint density at radius 1 is 0.875 bits per heavy atom. The molecule has 0 radical (unpaired) electrons. The molecule has 4 bridgehead atoms. The van der Waals surface area contributed by atoms with Crippen LogP contribution in [0, 0.1) is 0 Å². The predicted octanol–water partition coefficient (Wildman–Crippen LogP) is 6.00. The fraction of sp³-hybridized carbons (Fsp3) is 0.391. The molecule has 1 aromatic heterocycles. The van der Waals surface area contributed by atoms with Gasteiger partial charge in [0.1, 0.15) is 11.3 Å². The first-order valence-corrected chi connectivity index (χ1v) is 9.30. The fourth-order valence-electron chi connectivity index (χ4n) is 3.99. The largest absolute Gasteiger partial charge is 0.461 e. The molecule has 7 rings (SSSR count). The zero-order valence-corrected chi connectivity index (χ0v) is 15.0. The molecule has 1 heteroatoms. The summed E-state index contributed by atoms with van der Waals surface area (Å²) < 4.78 is 6.17. The van der Waals surface area contributed by atoms with E-state index in [2.05, 4.69) is 57.2 Å². The molecule has 4 aliphatic rings. The predicted molar refractivity (Wildman–Crippen MR) is 101 cm³/mol. The maximum Gasteiger partial charge on any atom is 0.137 e. The number of furan rings is 1. The third kappa shape index (κ3) is 2.66. The summed E-state index contributed by atoms with van der Waals surface area (Å²) in [5.74, 6) is 1.69. The van der Waals surface area contributed by atoms with Crippen molar-refractivity contribution in [3.63, 3.8) is 0 Å². The Kier molecular flexibility index (Phi) is 3.96. The average molecular weight is 318 g/mol. The van der Waals surface area contributed by atoms with Gasteiger partial charge in [0, 0.05) is 11.8 Å². The SMILES string of the molecule is CCc1cc2c3ccc(c2o1)CCc1ccc(c(C(C)C)c1)CC3. The van der Waals surface area contributed by atoms with Crippen LogP contribution < -0.4 is 0 Å². The monoisotopic (exact) mass is 318 g/mol. The molecule has 0 saturated heterocycles. The molecule has 0 unspecified atom stereocenters. The molecule has 124 valence electrons. The van der Waals surface area contributed by atoms with E-state index >= 15 is 0 Å². The number of benzene rings is 2. The molecule has 24 heavy (non-hydrogen) atoms. The van der Waals surface area contributed by atoms with Gasteiger partial charge >= 0.3 is 0 Å². The lowest BCUT2D eigenvalue weighted by Gasteiger charge is -2.17. The van der Waals surface area contributed by atoms with Gasteiger partial charge in [0.25, 0.3) is 0 Å². The summed E-state index contributed by atoms with van der Waals surface area (Å²) in [7, 11) is 0. The average Bonchev–Trinajstić information content (AvgIpc) is 3.01. The van der Waals surface area contributed by atoms with E-state index in [-0.39, 0.29) is 0 Å². The fourth-order valence-corrected chi connectivity index (χ4v) is 3.99. The molecule has 0 fully saturated rings. The Hall–Kier alpha value is -2.02. The molecule has 0 atom stereocenters. The zero-order valence-electron chi connectivity index (χ0n) is 15.0. The second-order valence-electron chi connectivity index (χ2n) is 7.38. The Morgan fingerprint density at radius 3 is 2.38 bits per heavy atom. The van der Waals surface area contributed by atoms with Crippen LogP contribution in [0.15, 0.2) is 40.8 Å². The summed E-state index contributed by atoms with van der Waals surface area (Å²) in [5.41, 5.74) is 8.39. The van der Waals surface area contributed by atoms with Crippen molar-refractivity contribution in [3.05, 3.63) is 70.0 Å². The van der Waals surface area contributed by atoms with Crippen molar-refractivity contribution in [1.29, 1.82) is 0 Å². The van der Waals surface area contributed by atoms with Crippen molar-refractivity contribution in [2.45, 2.75) is 58.8 Å². The lowest BCUT2D eigenvalue weighted by atomic mass is 9.88. The van der Waals surface area contributed by atoms with Gasteiger partial charge in [-0.15, -0.1) is 0 Å². The van der Waals surface area contributed by atoms with E-state index < -0.39 is 0 Å². The lowest BCUT2D eigenvalue weighted by molar-refractivity contribution is 0.553. The van der Waals surface area contributed by atoms with E-state index in [1.165, 1.54) is 33.2 Å². The Balaban J connectivity index is 1.85. The highest BCUT2D eigenvalue weighted by Gasteiger charge is 2.15. The normalized spacial score (nSPS) is 14.3. The number of aryl methyl sites for hydroxylation is 5. The second kappa shape index (κ2) is 6.12. The van der Waals surface area contributed by atoms with Gasteiger partial charge in [-0.1, -0.05) is 51.1 Å². The lowest BCUT2D eigenvalue weighted by Crippen LogP contribution is -2.03. The van der Waals surface area contributed by atoms with Gasteiger partial charge < -0.3 is 4.42 Å². The minimum atomic E-state index is 0.587. The Bertz CT molecular complexity index is 882. The molecular weight excluding hydrogens is 292 g/mol. The van der Waals surface area contributed by atoms with E-state index in [1.807, 2.05) is 0 Å². The van der Waals surface area contributed by atoms with Crippen molar-refractivity contribution >= 4 is 11.0 Å². The van der Waals surface area contributed by atoms with E-state index in [0.717, 1.165) is 43.4 Å². The third-order valence-corrected chi connectivity index (χ3v) is 5.43. The van der Waals surface area contributed by atoms with Crippen LogP contribution >= 0.6 is 0 Å². The van der Waals surface area contributed by atoms with Crippen molar-refractivity contribution in [2.75, 3.05) is 0 Å². The maximum absolute atomic E-state index is 6.17. The molecule has 1 nitrogen and oxygen atoms in total. The van der Waals surface area contributed by atoms with Crippen molar-refractivity contribution in [1.82, 2.24) is 0 Å². The van der Waals surface area contributed by atoms with E-state index in [9.17, 15) is 0 Å². The standard InChI is InChI=1S/C23H26O/c1-4-20-14-22-18-10-9-17-7-5-16(13-21(17)15(2)3)6-8-19(12-11-18)23(22)24-20/h5,7,11-15H,4,6,8-10H2,1-3H3. The molecule has 0 saturated carbocycles. The van der Waals surface area contributed by atoms with Gasteiger partial charge in [0.05, 0.1) is 0 Å². The van der Waals surface area contributed by atoms with Crippen LogP contribution in [0.4, 0.5) is 0 Å². The second-order valence-corrected chi connectivity index (χ2v) is 7.38. The van der Waals surface area contributed by atoms with E-state index in [1.54, 1.807) is 0 Å². The Morgan fingerprint density at radius 2 is 1.58 bits per heavy atom. The highest BCUT2D eigenvalue weighted by atomic mass is 16.3. The van der Waals surface area contributed by atoms with Crippen LogP contribution in [0.3, 0.4) is 0 Å². The van der Waals surface area contributed by atoms with Crippen LogP contribution in [0.25, 0.3) is 11.0 Å². The molecular formula is C23H26O. The zero-order chi connectivity index (χ0) is 16.7. The molecule has 1 heterocycles. The van der Waals surface area contributed by atoms with Crippen molar-refractivity contribution < 1.29 is 4.42 Å². The number of rotatable bonds is 2. The van der Waals surface area contributed by atoms with E-state index in [4.69, 9.17) is 4.42 Å².